The van der Waals surface area contributed by atoms with Crippen LogP contribution in [0.5, 0.6) is 5.75 Å². The Morgan fingerprint density at radius 1 is 1.32 bits per heavy atom. The Hall–Kier alpha value is -2.10. The van der Waals surface area contributed by atoms with E-state index in [0.29, 0.717) is 43.0 Å². The van der Waals surface area contributed by atoms with Gasteiger partial charge in [-0.15, -0.1) is 11.8 Å². The molecule has 1 amide bonds. The number of nitrogens with zero attached hydrogens (tertiary/aromatic N) is 3. The smallest absolute Gasteiger partial charge is 0.230 e. The maximum Gasteiger partial charge on any atom is 0.230 e. The number of amides is 1. The fourth-order valence-electron chi connectivity index (χ4n) is 3.07. The molecule has 0 aliphatic carbocycles. The van der Waals surface area contributed by atoms with Crippen molar-refractivity contribution in [3.05, 3.63) is 41.5 Å². The Morgan fingerprint density at radius 3 is 2.71 bits per heavy atom. The zero-order valence-corrected chi connectivity index (χ0v) is 17.0. The summed E-state index contributed by atoms with van der Waals surface area (Å²) in [6, 6.07) is 8.11. The second kappa shape index (κ2) is 10.4. The molecule has 3 rings (SSSR count). The van der Waals surface area contributed by atoms with Gasteiger partial charge in [0.1, 0.15) is 5.75 Å². The van der Waals surface area contributed by atoms with Crippen LogP contribution in [0.4, 0.5) is 0 Å². The molecule has 0 saturated carbocycles. The van der Waals surface area contributed by atoms with Crippen molar-refractivity contribution in [2.24, 2.45) is 0 Å². The summed E-state index contributed by atoms with van der Waals surface area (Å²) in [6.45, 7) is 5.41. The molecule has 152 valence electrons. The molecule has 9 heteroatoms. The highest BCUT2D eigenvalue weighted by Crippen LogP contribution is 2.23. The molecular formula is C19H26N4O4S. The number of benzene rings is 1. The summed E-state index contributed by atoms with van der Waals surface area (Å²) in [4.78, 5) is 18.8. The number of thioether (sulfide) groups is 1. The maximum atomic E-state index is 12.3. The number of morpholine rings is 1. The topological polar surface area (TPSA) is 89.7 Å². The molecule has 0 spiro atoms. The Bertz CT molecular complexity index is 747. The molecule has 1 aromatic carbocycles. The normalized spacial score (nSPS) is 15.9. The molecule has 0 bridgehead atoms. The molecule has 1 fully saturated rings. The molecular weight excluding hydrogens is 380 g/mol. The van der Waals surface area contributed by atoms with Crippen molar-refractivity contribution in [2.45, 2.75) is 18.7 Å². The van der Waals surface area contributed by atoms with E-state index >= 15 is 0 Å². The fourth-order valence-corrected chi connectivity index (χ4v) is 3.76. The van der Waals surface area contributed by atoms with Crippen LogP contribution in [-0.2, 0) is 15.3 Å². The van der Waals surface area contributed by atoms with Crippen molar-refractivity contribution in [1.82, 2.24) is 20.4 Å². The van der Waals surface area contributed by atoms with E-state index in [1.807, 2.05) is 12.1 Å². The Balaban J connectivity index is 1.53. The van der Waals surface area contributed by atoms with Gasteiger partial charge >= 0.3 is 0 Å². The van der Waals surface area contributed by atoms with Crippen molar-refractivity contribution in [3.63, 3.8) is 0 Å². The molecule has 1 N–H and O–H groups in total. The van der Waals surface area contributed by atoms with E-state index in [0.717, 1.165) is 24.4 Å². The number of ether oxygens (including phenoxy) is 2. The third-order valence-electron chi connectivity index (χ3n) is 4.51. The molecule has 2 aromatic rings. The number of aryl methyl sites for hydroxylation is 1. The molecule has 2 heterocycles. The van der Waals surface area contributed by atoms with Crippen molar-refractivity contribution in [3.8, 4) is 5.75 Å². The van der Waals surface area contributed by atoms with E-state index in [2.05, 4.69) is 32.5 Å². The number of hydrogen-bond acceptors (Lipinski definition) is 8. The van der Waals surface area contributed by atoms with Gasteiger partial charge in [-0.05, 0) is 17.7 Å². The van der Waals surface area contributed by atoms with Gasteiger partial charge in [0.25, 0.3) is 0 Å². The van der Waals surface area contributed by atoms with Crippen LogP contribution in [0.3, 0.4) is 0 Å². The molecule has 1 aromatic heterocycles. The van der Waals surface area contributed by atoms with E-state index in [1.54, 1.807) is 14.0 Å². The molecule has 28 heavy (non-hydrogen) atoms. The summed E-state index contributed by atoms with van der Waals surface area (Å²) in [6.07, 6.45) is 0. The minimum absolute atomic E-state index is 0.00279. The SMILES string of the molecule is COc1ccc(C(CNC(=O)CSCc2noc(C)n2)N2CCOCC2)cc1. The van der Waals surface area contributed by atoms with Crippen LogP contribution in [0.1, 0.15) is 23.3 Å². The highest BCUT2D eigenvalue weighted by Gasteiger charge is 2.23. The lowest BCUT2D eigenvalue weighted by Gasteiger charge is -2.35. The largest absolute Gasteiger partial charge is 0.497 e. The lowest BCUT2D eigenvalue weighted by molar-refractivity contribution is -0.118. The zero-order chi connectivity index (χ0) is 19.8. The van der Waals surface area contributed by atoms with E-state index in [9.17, 15) is 4.79 Å². The molecule has 1 unspecified atom stereocenters. The monoisotopic (exact) mass is 406 g/mol. The average Bonchev–Trinajstić information content (AvgIpc) is 3.14. The Morgan fingerprint density at radius 2 is 2.07 bits per heavy atom. The molecule has 0 radical (unpaired) electrons. The first-order valence-corrected chi connectivity index (χ1v) is 10.4. The van der Waals surface area contributed by atoms with Gasteiger partial charge in [-0.25, -0.2) is 0 Å². The van der Waals surface area contributed by atoms with E-state index in [-0.39, 0.29) is 11.9 Å². The summed E-state index contributed by atoms with van der Waals surface area (Å²) in [7, 11) is 1.66. The Kier molecular flexibility index (Phi) is 7.70. The number of aromatic nitrogens is 2. The van der Waals surface area contributed by atoms with E-state index < -0.39 is 0 Å². The number of nitrogens with one attached hydrogen (secondary N) is 1. The highest BCUT2D eigenvalue weighted by atomic mass is 32.2. The highest BCUT2D eigenvalue weighted by molar-refractivity contribution is 7.99. The minimum Gasteiger partial charge on any atom is -0.497 e. The molecule has 1 atom stereocenters. The predicted molar refractivity (Wildman–Crippen MR) is 106 cm³/mol. The fraction of sp³-hybridized carbons (Fsp3) is 0.526. The van der Waals surface area contributed by atoms with Crippen molar-refractivity contribution < 1.29 is 18.8 Å². The average molecular weight is 407 g/mol. The summed E-state index contributed by atoms with van der Waals surface area (Å²) >= 11 is 1.47. The zero-order valence-electron chi connectivity index (χ0n) is 16.2. The molecule has 1 saturated heterocycles. The minimum atomic E-state index is -0.00279. The van der Waals surface area contributed by atoms with Crippen LogP contribution in [0.25, 0.3) is 0 Å². The van der Waals surface area contributed by atoms with Gasteiger partial charge in [0.15, 0.2) is 5.82 Å². The van der Waals surface area contributed by atoms with E-state index in [1.165, 1.54) is 11.8 Å². The maximum absolute atomic E-state index is 12.3. The summed E-state index contributed by atoms with van der Waals surface area (Å²) in [5.41, 5.74) is 1.15. The summed E-state index contributed by atoms with van der Waals surface area (Å²) in [5, 5.41) is 6.90. The standard InChI is InChI=1S/C19H26N4O4S/c1-14-21-18(22-27-14)12-28-13-19(24)20-11-17(23-7-9-26-10-8-23)15-3-5-16(25-2)6-4-15/h3-6,17H,7-13H2,1-2H3,(H,20,24). The summed E-state index contributed by atoms with van der Waals surface area (Å²) in [5.74, 6) is 2.87. The Labute approximate surface area is 169 Å². The van der Waals surface area contributed by atoms with Gasteiger partial charge in [-0.2, -0.15) is 4.98 Å². The van der Waals surface area contributed by atoms with Gasteiger partial charge in [0, 0.05) is 26.6 Å². The van der Waals surface area contributed by atoms with Crippen molar-refractivity contribution >= 4 is 17.7 Å². The van der Waals surface area contributed by atoms with Crippen LogP contribution in [-0.4, -0.2) is 66.7 Å². The lowest BCUT2D eigenvalue weighted by atomic mass is 10.0. The van der Waals surface area contributed by atoms with E-state index in [4.69, 9.17) is 14.0 Å². The quantitative estimate of drug-likeness (QED) is 0.674. The first-order chi connectivity index (χ1) is 13.7. The van der Waals surface area contributed by atoms with Gasteiger partial charge in [0.2, 0.25) is 11.8 Å². The first-order valence-electron chi connectivity index (χ1n) is 9.25. The second-order valence-corrected chi connectivity index (χ2v) is 7.45. The predicted octanol–water partition coefficient (Wildman–Crippen LogP) is 1.81. The lowest BCUT2D eigenvalue weighted by Crippen LogP contribution is -2.44. The van der Waals surface area contributed by atoms with Gasteiger partial charge < -0.3 is 19.3 Å². The van der Waals surface area contributed by atoms with Gasteiger partial charge in [-0.1, -0.05) is 17.3 Å². The number of carbonyl (C=O) groups excluding carboxylic acids is 1. The van der Waals surface area contributed by atoms with Gasteiger partial charge in [0.05, 0.1) is 37.9 Å². The number of rotatable bonds is 9. The number of methoxy groups -OCH3 is 1. The molecule has 8 nitrogen and oxygen atoms in total. The molecule has 1 aliphatic heterocycles. The third kappa shape index (κ3) is 5.95. The van der Waals surface area contributed by atoms with Crippen LogP contribution in [0, 0.1) is 6.92 Å². The third-order valence-corrected chi connectivity index (χ3v) is 5.44. The second-order valence-electron chi connectivity index (χ2n) is 6.46. The molecule has 1 aliphatic rings. The number of carbonyl (C=O) groups is 1. The van der Waals surface area contributed by atoms with Crippen molar-refractivity contribution in [2.75, 3.05) is 45.7 Å². The van der Waals surface area contributed by atoms with Crippen LogP contribution in [0.2, 0.25) is 0 Å². The van der Waals surface area contributed by atoms with Crippen LogP contribution >= 0.6 is 11.8 Å². The van der Waals surface area contributed by atoms with Gasteiger partial charge in [-0.3, -0.25) is 9.69 Å². The summed E-state index contributed by atoms with van der Waals surface area (Å²) < 4.78 is 15.7. The van der Waals surface area contributed by atoms with Crippen LogP contribution < -0.4 is 10.1 Å². The first kappa shape index (κ1) is 20.6. The van der Waals surface area contributed by atoms with Crippen molar-refractivity contribution in [1.29, 1.82) is 0 Å². The van der Waals surface area contributed by atoms with Crippen LogP contribution in [0.15, 0.2) is 28.8 Å². The number of hydrogen-bond donors (Lipinski definition) is 1.